The SMILES string of the molecule is CSN1CCC(c2cc3c(cnn3-c3cnn(C)c3)cc2Cl)CC1. The Labute approximate surface area is 150 Å². The van der Waals surface area contributed by atoms with E-state index in [-0.39, 0.29) is 0 Å². The first-order valence-electron chi connectivity index (χ1n) is 8.11. The Morgan fingerprint density at radius 1 is 1.17 bits per heavy atom. The predicted molar refractivity (Wildman–Crippen MR) is 99.9 cm³/mol. The van der Waals surface area contributed by atoms with E-state index in [1.807, 2.05) is 48.3 Å². The number of benzene rings is 1. The van der Waals surface area contributed by atoms with Gasteiger partial charge in [0.05, 0.1) is 24.1 Å². The van der Waals surface area contributed by atoms with E-state index in [2.05, 4.69) is 26.8 Å². The van der Waals surface area contributed by atoms with Crippen LogP contribution in [0.2, 0.25) is 5.02 Å². The second-order valence-electron chi connectivity index (χ2n) is 6.25. The highest BCUT2D eigenvalue weighted by molar-refractivity contribution is 7.96. The number of nitrogens with zero attached hydrogens (tertiary/aromatic N) is 5. The number of piperidine rings is 1. The van der Waals surface area contributed by atoms with Crippen molar-refractivity contribution in [2.45, 2.75) is 18.8 Å². The number of halogens is 1. The molecule has 0 amide bonds. The molecule has 0 aliphatic carbocycles. The lowest BCUT2D eigenvalue weighted by Gasteiger charge is -2.30. The molecule has 0 saturated carbocycles. The van der Waals surface area contributed by atoms with Crippen LogP contribution in [0.3, 0.4) is 0 Å². The monoisotopic (exact) mass is 361 g/mol. The molecule has 1 fully saturated rings. The Morgan fingerprint density at radius 3 is 2.62 bits per heavy atom. The van der Waals surface area contributed by atoms with E-state index >= 15 is 0 Å². The zero-order chi connectivity index (χ0) is 16.7. The first-order valence-corrected chi connectivity index (χ1v) is 9.67. The maximum atomic E-state index is 6.59. The van der Waals surface area contributed by atoms with E-state index in [1.54, 1.807) is 4.68 Å². The molecule has 1 saturated heterocycles. The molecule has 126 valence electrons. The molecule has 0 bridgehead atoms. The summed E-state index contributed by atoms with van der Waals surface area (Å²) in [7, 11) is 1.91. The molecule has 0 radical (unpaired) electrons. The van der Waals surface area contributed by atoms with Crippen LogP contribution >= 0.6 is 23.5 Å². The molecule has 0 spiro atoms. The summed E-state index contributed by atoms with van der Waals surface area (Å²) in [5.74, 6) is 0.516. The van der Waals surface area contributed by atoms with Crippen molar-refractivity contribution in [3.63, 3.8) is 0 Å². The van der Waals surface area contributed by atoms with Crippen molar-refractivity contribution in [2.75, 3.05) is 19.3 Å². The van der Waals surface area contributed by atoms with Gasteiger partial charge >= 0.3 is 0 Å². The van der Waals surface area contributed by atoms with Crippen molar-refractivity contribution in [1.82, 2.24) is 23.9 Å². The van der Waals surface area contributed by atoms with Crippen LogP contribution in [0.1, 0.15) is 24.3 Å². The molecular formula is C17H20ClN5S. The fourth-order valence-electron chi connectivity index (χ4n) is 3.45. The Hall–Kier alpha value is -1.50. The molecule has 5 nitrogen and oxygen atoms in total. The van der Waals surface area contributed by atoms with Gasteiger partial charge in [-0.3, -0.25) is 8.99 Å². The molecule has 24 heavy (non-hydrogen) atoms. The number of hydrogen-bond acceptors (Lipinski definition) is 4. The summed E-state index contributed by atoms with van der Waals surface area (Å²) in [5, 5.41) is 10.7. The molecule has 0 unspecified atom stereocenters. The highest BCUT2D eigenvalue weighted by Gasteiger charge is 2.23. The fourth-order valence-corrected chi connectivity index (χ4v) is 4.35. The van der Waals surface area contributed by atoms with Gasteiger partial charge in [0, 0.05) is 30.5 Å². The minimum atomic E-state index is 0.516. The van der Waals surface area contributed by atoms with Gasteiger partial charge in [-0.2, -0.15) is 10.2 Å². The Morgan fingerprint density at radius 2 is 1.96 bits per heavy atom. The van der Waals surface area contributed by atoms with Crippen LogP contribution in [-0.2, 0) is 7.05 Å². The summed E-state index contributed by atoms with van der Waals surface area (Å²) in [6, 6.07) is 4.27. The second kappa shape index (κ2) is 6.43. The highest BCUT2D eigenvalue weighted by atomic mass is 35.5. The van der Waals surface area contributed by atoms with E-state index < -0.39 is 0 Å². The van der Waals surface area contributed by atoms with E-state index in [1.165, 1.54) is 5.56 Å². The standard InChI is InChI=1S/C17H20ClN5S/c1-21-11-14(10-19-21)23-17-8-15(16(18)7-13(17)9-20-23)12-3-5-22(24-2)6-4-12/h7-12H,3-6H2,1-2H3. The lowest BCUT2D eigenvalue weighted by atomic mass is 9.89. The zero-order valence-corrected chi connectivity index (χ0v) is 15.4. The van der Waals surface area contributed by atoms with Gasteiger partial charge < -0.3 is 0 Å². The van der Waals surface area contributed by atoms with Crippen LogP contribution in [0.4, 0.5) is 0 Å². The zero-order valence-electron chi connectivity index (χ0n) is 13.8. The van der Waals surface area contributed by atoms with Crippen molar-refractivity contribution >= 4 is 34.5 Å². The van der Waals surface area contributed by atoms with Crippen LogP contribution in [0.15, 0.2) is 30.7 Å². The van der Waals surface area contributed by atoms with E-state index in [0.717, 1.165) is 47.5 Å². The summed E-state index contributed by atoms with van der Waals surface area (Å²) in [5.41, 5.74) is 3.31. The van der Waals surface area contributed by atoms with Gasteiger partial charge in [-0.25, -0.2) is 4.68 Å². The third-order valence-corrected chi connectivity index (χ3v) is 5.98. The highest BCUT2D eigenvalue weighted by Crippen LogP contribution is 2.36. The van der Waals surface area contributed by atoms with Crippen LogP contribution in [0.5, 0.6) is 0 Å². The molecule has 0 N–H and O–H groups in total. The van der Waals surface area contributed by atoms with E-state index in [4.69, 9.17) is 11.6 Å². The van der Waals surface area contributed by atoms with Crippen molar-refractivity contribution in [1.29, 1.82) is 0 Å². The van der Waals surface area contributed by atoms with Crippen molar-refractivity contribution in [2.24, 2.45) is 7.05 Å². The largest absolute Gasteiger partial charge is 0.274 e. The predicted octanol–water partition coefficient (Wildman–Crippen LogP) is 3.87. The minimum absolute atomic E-state index is 0.516. The van der Waals surface area contributed by atoms with Gasteiger partial charge in [0.25, 0.3) is 0 Å². The van der Waals surface area contributed by atoms with Crippen molar-refractivity contribution in [3.05, 3.63) is 41.3 Å². The molecule has 2 aromatic heterocycles. The minimum Gasteiger partial charge on any atom is -0.274 e. The summed E-state index contributed by atoms with van der Waals surface area (Å²) in [6.07, 6.45) is 10.1. The average Bonchev–Trinajstić information content (AvgIpc) is 3.20. The van der Waals surface area contributed by atoms with Gasteiger partial charge in [0.1, 0.15) is 5.69 Å². The molecule has 1 aliphatic rings. The molecule has 1 aromatic carbocycles. The number of hydrogen-bond donors (Lipinski definition) is 0. The van der Waals surface area contributed by atoms with Gasteiger partial charge in [0.15, 0.2) is 0 Å². The summed E-state index contributed by atoms with van der Waals surface area (Å²) < 4.78 is 6.15. The van der Waals surface area contributed by atoms with Crippen molar-refractivity contribution < 1.29 is 0 Å². The normalized spacial score (nSPS) is 17.0. The summed E-state index contributed by atoms with van der Waals surface area (Å²) in [4.78, 5) is 0. The first-order chi connectivity index (χ1) is 11.7. The van der Waals surface area contributed by atoms with Gasteiger partial charge in [-0.15, -0.1) is 0 Å². The van der Waals surface area contributed by atoms with Crippen LogP contribution in [0, 0.1) is 0 Å². The van der Waals surface area contributed by atoms with Crippen LogP contribution in [0.25, 0.3) is 16.6 Å². The third-order valence-electron chi connectivity index (χ3n) is 4.77. The van der Waals surface area contributed by atoms with Gasteiger partial charge in [-0.1, -0.05) is 23.5 Å². The molecular weight excluding hydrogens is 342 g/mol. The maximum absolute atomic E-state index is 6.59. The Kier molecular flexibility index (Phi) is 4.28. The molecule has 3 aromatic rings. The smallest absolute Gasteiger partial charge is 0.103 e. The van der Waals surface area contributed by atoms with Crippen LogP contribution in [-0.4, -0.2) is 43.2 Å². The second-order valence-corrected chi connectivity index (χ2v) is 7.54. The Bertz CT molecular complexity index is 863. The van der Waals surface area contributed by atoms with Crippen molar-refractivity contribution in [3.8, 4) is 5.69 Å². The number of rotatable bonds is 3. The maximum Gasteiger partial charge on any atom is 0.103 e. The average molecular weight is 362 g/mol. The van der Waals surface area contributed by atoms with Gasteiger partial charge in [-0.05, 0) is 42.7 Å². The Balaban J connectivity index is 1.73. The molecule has 3 heterocycles. The molecule has 4 rings (SSSR count). The molecule has 0 atom stereocenters. The lowest BCUT2D eigenvalue weighted by Crippen LogP contribution is -2.27. The summed E-state index contributed by atoms with van der Waals surface area (Å²) >= 11 is 8.42. The van der Waals surface area contributed by atoms with E-state index in [9.17, 15) is 0 Å². The summed E-state index contributed by atoms with van der Waals surface area (Å²) in [6.45, 7) is 2.23. The van der Waals surface area contributed by atoms with E-state index in [0.29, 0.717) is 5.92 Å². The quantitative estimate of drug-likeness (QED) is 0.664. The number of aryl methyl sites for hydroxylation is 1. The van der Waals surface area contributed by atoms with Crippen LogP contribution < -0.4 is 0 Å². The number of aromatic nitrogens is 4. The topological polar surface area (TPSA) is 38.9 Å². The van der Waals surface area contributed by atoms with Gasteiger partial charge in [0.2, 0.25) is 0 Å². The fraction of sp³-hybridized carbons (Fsp3) is 0.412. The first kappa shape index (κ1) is 16.0. The lowest BCUT2D eigenvalue weighted by molar-refractivity contribution is 0.347. The third kappa shape index (κ3) is 2.83. The number of fused-ring (bicyclic) bond motifs is 1. The molecule has 7 heteroatoms. The molecule has 1 aliphatic heterocycles.